The molecule has 19 heavy (non-hydrogen) atoms. The highest BCUT2D eigenvalue weighted by molar-refractivity contribution is 5.50. The van der Waals surface area contributed by atoms with E-state index in [0.29, 0.717) is 11.8 Å². The van der Waals surface area contributed by atoms with Gasteiger partial charge in [0, 0.05) is 38.8 Å². The van der Waals surface area contributed by atoms with Crippen molar-refractivity contribution in [1.82, 2.24) is 9.97 Å². The smallest absolute Gasteiger partial charge is 0.134 e. The van der Waals surface area contributed by atoms with E-state index in [1.807, 2.05) is 7.05 Å². The molecule has 1 aromatic rings. The molecular weight excluding hydrogens is 238 g/mol. The zero-order valence-corrected chi connectivity index (χ0v) is 12.4. The van der Waals surface area contributed by atoms with Crippen LogP contribution in [0.15, 0.2) is 12.4 Å². The fourth-order valence-electron chi connectivity index (χ4n) is 2.63. The fourth-order valence-corrected chi connectivity index (χ4v) is 2.63. The first-order valence-electron chi connectivity index (χ1n) is 7.06. The van der Waals surface area contributed by atoms with Crippen LogP contribution in [0.4, 0.5) is 11.6 Å². The second kappa shape index (κ2) is 5.74. The lowest BCUT2D eigenvalue weighted by Gasteiger charge is -2.21. The lowest BCUT2D eigenvalue weighted by atomic mass is 9.92. The van der Waals surface area contributed by atoms with Crippen LogP contribution < -0.4 is 15.5 Å². The van der Waals surface area contributed by atoms with Gasteiger partial charge in [0.1, 0.15) is 18.0 Å². The Balaban J connectivity index is 2.15. The average Bonchev–Trinajstić information content (AvgIpc) is 2.80. The minimum atomic E-state index is 0.238. The third-order valence-corrected chi connectivity index (χ3v) is 4.10. The van der Waals surface area contributed by atoms with Crippen molar-refractivity contribution in [1.29, 1.82) is 0 Å². The Morgan fingerprint density at radius 3 is 2.74 bits per heavy atom. The zero-order valence-electron chi connectivity index (χ0n) is 12.4. The molecule has 0 aromatic carbocycles. The van der Waals surface area contributed by atoms with Gasteiger partial charge in [0.25, 0.3) is 0 Å². The van der Waals surface area contributed by atoms with Crippen LogP contribution in [0, 0.1) is 11.8 Å². The van der Waals surface area contributed by atoms with E-state index < -0.39 is 0 Å². The predicted octanol–water partition coefficient (Wildman–Crippen LogP) is 1.35. The summed E-state index contributed by atoms with van der Waals surface area (Å²) in [5.74, 6) is 3.11. The molecule has 0 radical (unpaired) electrons. The SMILES string of the molecule is CCN(C)c1cc(N2C[C@H](C(C)C)[C@@H](N)C2)ncn1. The summed E-state index contributed by atoms with van der Waals surface area (Å²) in [4.78, 5) is 13.1. The van der Waals surface area contributed by atoms with Gasteiger partial charge in [0.05, 0.1) is 0 Å². The highest BCUT2D eigenvalue weighted by atomic mass is 15.2. The van der Waals surface area contributed by atoms with Crippen molar-refractivity contribution in [2.75, 3.05) is 36.5 Å². The second-order valence-corrected chi connectivity index (χ2v) is 5.73. The molecule has 106 valence electrons. The molecule has 0 saturated carbocycles. The van der Waals surface area contributed by atoms with Gasteiger partial charge < -0.3 is 15.5 Å². The molecule has 1 saturated heterocycles. The van der Waals surface area contributed by atoms with Crippen LogP contribution in [-0.4, -0.2) is 42.7 Å². The molecular formula is C14H25N5. The number of nitrogens with two attached hydrogens (primary N) is 1. The zero-order chi connectivity index (χ0) is 14.0. The van der Waals surface area contributed by atoms with Gasteiger partial charge in [0.2, 0.25) is 0 Å². The van der Waals surface area contributed by atoms with Crippen LogP contribution in [0.2, 0.25) is 0 Å². The summed E-state index contributed by atoms with van der Waals surface area (Å²) in [6, 6.07) is 2.29. The fraction of sp³-hybridized carbons (Fsp3) is 0.714. The molecule has 2 rings (SSSR count). The lowest BCUT2D eigenvalue weighted by Crippen LogP contribution is -2.32. The van der Waals surface area contributed by atoms with E-state index in [2.05, 4.69) is 46.6 Å². The van der Waals surface area contributed by atoms with Gasteiger partial charge in [0.15, 0.2) is 0 Å². The van der Waals surface area contributed by atoms with Gasteiger partial charge in [-0.25, -0.2) is 9.97 Å². The molecule has 1 fully saturated rings. The topological polar surface area (TPSA) is 58.3 Å². The third-order valence-electron chi connectivity index (χ3n) is 4.10. The minimum absolute atomic E-state index is 0.238. The largest absolute Gasteiger partial charge is 0.360 e. The molecule has 2 atom stereocenters. The number of aromatic nitrogens is 2. The van der Waals surface area contributed by atoms with E-state index >= 15 is 0 Å². The molecule has 2 heterocycles. The number of hydrogen-bond donors (Lipinski definition) is 1. The van der Waals surface area contributed by atoms with Crippen LogP contribution in [0.3, 0.4) is 0 Å². The Morgan fingerprint density at radius 2 is 2.16 bits per heavy atom. The minimum Gasteiger partial charge on any atom is -0.360 e. The molecule has 1 aliphatic heterocycles. The summed E-state index contributed by atoms with van der Waals surface area (Å²) in [6.07, 6.45) is 1.64. The Bertz CT molecular complexity index is 420. The van der Waals surface area contributed by atoms with Crippen molar-refractivity contribution < 1.29 is 0 Å². The van der Waals surface area contributed by atoms with Gasteiger partial charge >= 0.3 is 0 Å². The van der Waals surface area contributed by atoms with Crippen molar-refractivity contribution in [3.8, 4) is 0 Å². The van der Waals surface area contributed by atoms with E-state index in [1.165, 1.54) is 0 Å². The van der Waals surface area contributed by atoms with Crippen LogP contribution >= 0.6 is 0 Å². The molecule has 5 nitrogen and oxygen atoms in total. The summed E-state index contributed by atoms with van der Waals surface area (Å²) in [6.45, 7) is 9.40. The van der Waals surface area contributed by atoms with Crippen LogP contribution in [0.25, 0.3) is 0 Å². The summed E-state index contributed by atoms with van der Waals surface area (Å²) in [7, 11) is 2.04. The first-order valence-corrected chi connectivity index (χ1v) is 7.06. The van der Waals surface area contributed by atoms with E-state index in [-0.39, 0.29) is 6.04 Å². The van der Waals surface area contributed by atoms with E-state index in [0.717, 1.165) is 31.3 Å². The van der Waals surface area contributed by atoms with E-state index in [9.17, 15) is 0 Å². The molecule has 0 aliphatic carbocycles. The molecule has 5 heteroatoms. The molecule has 2 N–H and O–H groups in total. The molecule has 0 unspecified atom stereocenters. The Morgan fingerprint density at radius 1 is 1.42 bits per heavy atom. The Labute approximate surface area is 115 Å². The number of rotatable bonds is 4. The standard InChI is InChI=1S/C14H25N5/c1-5-18(4)13-6-14(17-9-16-13)19-7-11(10(2)3)12(15)8-19/h6,9-12H,5,7-8,15H2,1-4H3/t11-,12+/m1/s1. The summed E-state index contributed by atoms with van der Waals surface area (Å²) in [5, 5.41) is 0. The lowest BCUT2D eigenvalue weighted by molar-refractivity contribution is 0.382. The molecule has 0 amide bonds. The van der Waals surface area contributed by atoms with Gasteiger partial charge in [-0.05, 0) is 18.8 Å². The quantitative estimate of drug-likeness (QED) is 0.888. The number of anilines is 2. The van der Waals surface area contributed by atoms with Gasteiger partial charge in [-0.2, -0.15) is 0 Å². The maximum absolute atomic E-state index is 6.24. The number of nitrogens with zero attached hydrogens (tertiary/aromatic N) is 4. The predicted molar refractivity (Wildman–Crippen MR) is 79.5 cm³/mol. The molecule has 0 bridgehead atoms. The summed E-state index contributed by atoms with van der Waals surface area (Å²) >= 11 is 0. The average molecular weight is 263 g/mol. The molecule has 1 aliphatic rings. The maximum Gasteiger partial charge on any atom is 0.134 e. The molecule has 1 aromatic heterocycles. The second-order valence-electron chi connectivity index (χ2n) is 5.73. The Kier molecular flexibility index (Phi) is 4.24. The first-order chi connectivity index (χ1) is 9.02. The Hall–Kier alpha value is -1.36. The summed E-state index contributed by atoms with van der Waals surface area (Å²) in [5.41, 5.74) is 6.24. The van der Waals surface area contributed by atoms with Crippen molar-refractivity contribution in [2.24, 2.45) is 17.6 Å². The highest BCUT2D eigenvalue weighted by Crippen LogP contribution is 2.27. The van der Waals surface area contributed by atoms with Gasteiger partial charge in [-0.1, -0.05) is 13.8 Å². The third kappa shape index (κ3) is 2.97. The van der Waals surface area contributed by atoms with Crippen LogP contribution in [-0.2, 0) is 0 Å². The van der Waals surface area contributed by atoms with E-state index in [4.69, 9.17) is 5.73 Å². The highest BCUT2D eigenvalue weighted by Gasteiger charge is 2.32. The van der Waals surface area contributed by atoms with Crippen molar-refractivity contribution >= 4 is 11.6 Å². The van der Waals surface area contributed by atoms with Crippen molar-refractivity contribution in [3.63, 3.8) is 0 Å². The van der Waals surface area contributed by atoms with Gasteiger partial charge in [-0.15, -0.1) is 0 Å². The van der Waals surface area contributed by atoms with E-state index in [1.54, 1.807) is 6.33 Å². The van der Waals surface area contributed by atoms with Crippen LogP contribution in [0.1, 0.15) is 20.8 Å². The van der Waals surface area contributed by atoms with Gasteiger partial charge in [-0.3, -0.25) is 0 Å². The molecule has 0 spiro atoms. The monoisotopic (exact) mass is 263 g/mol. The maximum atomic E-state index is 6.24. The van der Waals surface area contributed by atoms with Crippen molar-refractivity contribution in [2.45, 2.75) is 26.8 Å². The normalized spacial score (nSPS) is 23.2. The summed E-state index contributed by atoms with van der Waals surface area (Å²) < 4.78 is 0. The number of hydrogen-bond acceptors (Lipinski definition) is 5. The van der Waals surface area contributed by atoms with Crippen LogP contribution in [0.5, 0.6) is 0 Å². The first kappa shape index (κ1) is 14.1. The van der Waals surface area contributed by atoms with Crippen molar-refractivity contribution in [3.05, 3.63) is 12.4 Å².